The summed E-state index contributed by atoms with van der Waals surface area (Å²) in [5.41, 5.74) is 1.55. The van der Waals surface area contributed by atoms with Crippen LogP contribution < -0.4 is 10.6 Å². The lowest BCUT2D eigenvalue weighted by Crippen LogP contribution is -2.54. The van der Waals surface area contributed by atoms with Crippen LogP contribution in [0.5, 0.6) is 0 Å². The molecule has 0 aromatic heterocycles. The number of carbonyl (C=O) groups excluding carboxylic acids is 4. The molecule has 0 radical (unpaired) electrons. The maximum atomic E-state index is 13.6. The standard InChI is InChI=1S/C24H35N3O6S/c1-8-12-27(22(30)18(14-34)26-23(31)33-24(4,5)6)20(21(29)25-13-19(28)32-7)17-11-9-10-15(2)16(17)3/h8-11,18,20,34H,1,12-14H2,2-7H3,(H,25,29)(H,26,31). The molecule has 2 atom stereocenters. The molecule has 0 saturated heterocycles. The van der Waals surface area contributed by atoms with Crippen molar-refractivity contribution in [2.24, 2.45) is 0 Å². The van der Waals surface area contributed by atoms with Crippen LogP contribution in [0.2, 0.25) is 0 Å². The number of alkyl carbamates (subject to hydrolysis) is 1. The molecule has 1 rings (SSSR count). The SMILES string of the molecule is C=CCN(C(=O)C(CS)NC(=O)OC(C)(C)C)C(C(=O)NCC(=O)OC)c1cccc(C)c1C. The molecule has 188 valence electrons. The maximum Gasteiger partial charge on any atom is 0.408 e. The normalized spacial score (nSPS) is 12.7. The second-order valence-electron chi connectivity index (χ2n) is 8.65. The molecule has 0 saturated carbocycles. The molecule has 0 aliphatic carbocycles. The number of hydrogen-bond acceptors (Lipinski definition) is 7. The molecule has 2 unspecified atom stereocenters. The zero-order chi connectivity index (χ0) is 26.1. The van der Waals surface area contributed by atoms with Gasteiger partial charge in [0.1, 0.15) is 24.2 Å². The summed E-state index contributed by atoms with van der Waals surface area (Å²) in [7, 11) is 1.21. The summed E-state index contributed by atoms with van der Waals surface area (Å²) in [4.78, 5) is 52.1. The van der Waals surface area contributed by atoms with Gasteiger partial charge in [-0.2, -0.15) is 12.6 Å². The molecular formula is C24H35N3O6S. The van der Waals surface area contributed by atoms with E-state index in [0.29, 0.717) is 5.56 Å². The summed E-state index contributed by atoms with van der Waals surface area (Å²) >= 11 is 4.22. The Morgan fingerprint density at radius 1 is 1.21 bits per heavy atom. The highest BCUT2D eigenvalue weighted by Gasteiger charge is 2.36. The van der Waals surface area contributed by atoms with Gasteiger partial charge < -0.3 is 25.0 Å². The Labute approximate surface area is 206 Å². The topological polar surface area (TPSA) is 114 Å². The van der Waals surface area contributed by atoms with Crippen molar-refractivity contribution in [2.45, 2.75) is 52.3 Å². The van der Waals surface area contributed by atoms with Crippen molar-refractivity contribution < 1.29 is 28.7 Å². The zero-order valence-corrected chi connectivity index (χ0v) is 21.5. The zero-order valence-electron chi connectivity index (χ0n) is 20.6. The number of nitrogens with one attached hydrogen (secondary N) is 2. The molecule has 0 aliphatic heterocycles. The van der Waals surface area contributed by atoms with Crippen LogP contribution in [0.1, 0.15) is 43.5 Å². The van der Waals surface area contributed by atoms with E-state index >= 15 is 0 Å². The van der Waals surface area contributed by atoms with Crippen LogP contribution >= 0.6 is 12.6 Å². The Morgan fingerprint density at radius 2 is 1.85 bits per heavy atom. The third-order valence-corrected chi connectivity index (χ3v) is 5.28. The van der Waals surface area contributed by atoms with Crippen LogP contribution in [0.4, 0.5) is 4.79 Å². The first-order chi connectivity index (χ1) is 15.9. The van der Waals surface area contributed by atoms with Crippen LogP contribution in [-0.4, -0.2) is 66.4 Å². The van der Waals surface area contributed by atoms with E-state index in [-0.39, 0.29) is 18.8 Å². The van der Waals surface area contributed by atoms with E-state index in [1.54, 1.807) is 32.9 Å². The van der Waals surface area contributed by atoms with E-state index in [1.165, 1.54) is 18.1 Å². The number of carbonyl (C=O) groups is 4. The number of ether oxygens (including phenoxy) is 2. The second-order valence-corrected chi connectivity index (χ2v) is 9.01. The average Bonchev–Trinajstić information content (AvgIpc) is 2.76. The van der Waals surface area contributed by atoms with E-state index in [1.807, 2.05) is 19.9 Å². The van der Waals surface area contributed by atoms with Crippen LogP contribution in [-0.2, 0) is 23.9 Å². The molecule has 0 heterocycles. The second kappa shape index (κ2) is 13.0. The van der Waals surface area contributed by atoms with Gasteiger partial charge in [-0.1, -0.05) is 24.3 Å². The predicted molar refractivity (Wildman–Crippen MR) is 133 cm³/mol. The minimum Gasteiger partial charge on any atom is -0.468 e. The first kappa shape index (κ1) is 29.0. The Bertz CT molecular complexity index is 912. The lowest BCUT2D eigenvalue weighted by molar-refractivity contribution is -0.144. The molecular weight excluding hydrogens is 458 g/mol. The summed E-state index contributed by atoms with van der Waals surface area (Å²) in [6, 6.07) is 3.24. The Kier molecular flexibility index (Phi) is 11.1. The number of benzene rings is 1. The van der Waals surface area contributed by atoms with E-state index < -0.39 is 41.6 Å². The third-order valence-electron chi connectivity index (χ3n) is 4.92. The van der Waals surface area contributed by atoms with Gasteiger partial charge in [-0.15, -0.1) is 6.58 Å². The van der Waals surface area contributed by atoms with Gasteiger partial charge in [0.15, 0.2) is 0 Å². The van der Waals surface area contributed by atoms with E-state index in [2.05, 4.69) is 34.6 Å². The summed E-state index contributed by atoms with van der Waals surface area (Å²) in [5, 5.41) is 5.05. The van der Waals surface area contributed by atoms with Crippen LogP contribution in [0.15, 0.2) is 30.9 Å². The Morgan fingerprint density at radius 3 is 2.38 bits per heavy atom. The van der Waals surface area contributed by atoms with E-state index in [4.69, 9.17) is 4.74 Å². The Hall–Kier alpha value is -3.01. The monoisotopic (exact) mass is 493 g/mol. The predicted octanol–water partition coefficient (Wildman–Crippen LogP) is 2.47. The summed E-state index contributed by atoms with van der Waals surface area (Å²) < 4.78 is 9.86. The fraction of sp³-hybridized carbons (Fsp3) is 0.500. The quantitative estimate of drug-likeness (QED) is 0.262. The van der Waals surface area contributed by atoms with Crippen LogP contribution in [0.3, 0.4) is 0 Å². The van der Waals surface area contributed by atoms with Crippen molar-refractivity contribution in [1.82, 2.24) is 15.5 Å². The lowest BCUT2D eigenvalue weighted by Gasteiger charge is -2.34. The van der Waals surface area contributed by atoms with Crippen molar-refractivity contribution in [2.75, 3.05) is 26.0 Å². The minimum atomic E-state index is -1.10. The molecule has 2 N–H and O–H groups in total. The molecule has 0 aliphatic rings. The molecule has 0 bridgehead atoms. The number of amides is 3. The maximum absolute atomic E-state index is 13.6. The van der Waals surface area contributed by atoms with Crippen molar-refractivity contribution >= 4 is 36.5 Å². The van der Waals surface area contributed by atoms with Gasteiger partial charge in [-0.25, -0.2) is 4.79 Å². The number of esters is 1. The van der Waals surface area contributed by atoms with Crippen molar-refractivity contribution in [1.29, 1.82) is 0 Å². The summed E-state index contributed by atoms with van der Waals surface area (Å²) in [6.07, 6.45) is 0.698. The molecule has 0 spiro atoms. The fourth-order valence-electron chi connectivity index (χ4n) is 3.15. The van der Waals surface area contributed by atoms with Crippen LogP contribution in [0, 0.1) is 13.8 Å². The average molecular weight is 494 g/mol. The van der Waals surface area contributed by atoms with Gasteiger partial charge in [-0.3, -0.25) is 14.4 Å². The highest BCUT2D eigenvalue weighted by molar-refractivity contribution is 7.80. The lowest BCUT2D eigenvalue weighted by atomic mass is 9.95. The minimum absolute atomic E-state index is 0.00278. The summed E-state index contributed by atoms with van der Waals surface area (Å²) in [5.74, 6) is -1.80. The van der Waals surface area contributed by atoms with Gasteiger partial charge in [0.25, 0.3) is 0 Å². The van der Waals surface area contributed by atoms with E-state index in [0.717, 1.165) is 11.1 Å². The van der Waals surface area contributed by atoms with Crippen LogP contribution in [0.25, 0.3) is 0 Å². The molecule has 1 aromatic carbocycles. The molecule has 1 aromatic rings. The molecule has 0 fully saturated rings. The van der Waals surface area contributed by atoms with Crippen molar-refractivity contribution in [3.8, 4) is 0 Å². The largest absolute Gasteiger partial charge is 0.468 e. The number of rotatable bonds is 10. The molecule has 10 heteroatoms. The van der Waals surface area contributed by atoms with E-state index in [9.17, 15) is 19.2 Å². The number of aryl methyl sites for hydroxylation is 1. The number of thiol groups is 1. The van der Waals surface area contributed by atoms with Gasteiger partial charge in [-0.05, 0) is 51.3 Å². The highest BCUT2D eigenvalue weighted by atomic mass is 32.1. The molecule has 3 amide bonds. The van der Waals surface area contributed by atoms with Crippen molar-refractivity contribution in [3.05, 3.63) is 47.5 Å². The number of nitrogens with zero attached hydrogens (tertiary/aromatic N) is 1. The van der Waals surface area contributed by atoms with Gasteiger partial charge in [0, 0.05) is 12.3 Å². The van der Waals surface area contributed by atoms with Crippen molar-refractivity contribution in [3.63, 3.8) is 0 Å². The highest BCUT2D eigenvalue weighted by Crippen LogP contribution is 2.27. The molecule has 9 nitrogen and oxygen atoms in total. The molecule has 34 heavy (non-hydrogen) atoms. The van der Waals surface area contributed by atoms with Gasteiger partial charge in [0.2, 0.25) is 11.8 Å². The fourth-order valence-corrected chi connectivity index (χ4v) is 3.39. The number of hydrogen-bond donors (Lipinski definition) is 3. The third kappa shape index (κ3) is 8.40. The van der Waals surface area contributed by atoms with Gasteiger partial charge >= 0.3 is 12.1 Å². The first-order valence-corrected chi connectivity index (χ1v) is 11.4. The summed E-state index contributed by atoms with van der Waals surface area (Å²) in [6.45, 7) is 12.2. The number of methoxy groups -OCH3 is 1. The van der Waals surface area contributed by atoms with Gasteiger partial charge in [0.05, 0.1) is 7.11 Å². The smallest absolute Gasteiger partial charge is 0.408 e. The first-order valence-electron chi connectivity index (χ1n) is 10.8. The Balaban J connectivity index is 3.41.